The molecule has 114 valence electrons. The highest BCUT2D eigenvalue weighted by atomic mass is 127. The molecule has 0 spiro atoms. The van der Waals surface area contributed by atoms with E-state index in [1.807, 2.05) is 0 Å². The molecule has 19 heavy (non-hydrogen) atoms. The van der Waals surface area contributed by atoms with Crippen molar-refractivity contribution in [2.75, 3.05) is 32.7 Å². The van der Waals surface area contributed by atoms with Crippen LogP contribution in [0.2, 0.25) is 0 Å². The molecule has 1 saturated heterocycles. The zero-order chi connectivity index (χ0) is 13.5. The second-order valence-corrected chi connectivity index (χ2v) is 5.47. The summed E-state index contributed by atoms with van der Waals surface area (Å²) in [6, 6.07) is 0.650. The number of hydrogen-bond acceptors (Lipinski definition) is 2. The van der Waals surface area contributed by atoms with E-state index < -0.39 is 0 Å². The van der Waals surface area contributed by atoms with Crippen LogP contribution in [0.4, 0.5) is 0 Å². The van der Waals surface area contributed by atoms with Crippen molar-refractivity contribution in [3.63, 3.8) is 0 Å². The number of nitrogens with zero attached hydrogens (tertiary/aromatic N) is 3. The predicted molar refractivity (Wildman–Crippen MR) is 94.3 cm³/mol. The zero-order valence-electron chi connectivity index (χ0n) is 12.9. The number of piperidine rings is 1. The molecule has 0 aliphatic carbocycles. The van der Waals surface area contributed by atoms with Crippen LogP contribution in [0.5, 0.6) is 0 Å². The number of halogens is 1. The quantitative estimate of drug-likeness (QED) is 0.451. The average molecular weight is 382 g/mol. The van der Waals surface area contributed by atoms with Gasteiger partial charge in [0.2, 0.25) is 0 Å². The Hall–Kier alpha value is -0.0400. The van der Waals surface area contributed by atoms with Gasteiger partial charge in [-0.15, -0.1) is 24.0 Å². The van der Waals surface area contributed by atoms with E-state index in [-0.39, 0.29) is 24.0 Å². The molecule has 0 radical (unpaired) electrons. The normalized spacial score (nSPS) is 21.3. The van der Waals surface area contributed by atoms with Crippen molar-refractivity contribution in [1.29, 1.82) is 0 Å². The van der Waals surface area contributed by atoms with Crippen LogP contribution in [0.3, 0.4) is 0 Å². The molecule has 2 N–H and O–H groups in total. The van der Waals surface area contributed by atoms with Gasteiger partial charge in [0.25, 0.3) is 0 Å². The molecule has 0 amide bonds. The topological polar surface area (TPSA) is 44.9 Å². The third kappa shape index (κ3) is 6.29. The molecule has 0 aromatic rings. The molecule has 1 aliphatic rings. The molecule has 1 unspecified atom stereocenters. The third-order valence-electron chi connectivity index (χ3n) is 3.88. The minimum Gasteiger partial charge on any atom is -0.370 e. The minimum absolute atomic E-state index is 0. The summed E-state index contributed by atoms with van der Waals surface area (Å²) in [5.74, 6) is 1.39. The van der Waals surface area contributed by atoms with E-state index in [4.69, 9.17) is 5.73 Å². The van der Waals surface area contributed by atoms with E-state index in [1.54, 1.807) is 0 Å². The Kier molecular flexibility index (Phi) is 9.78. The average Bonchev–Trinajstić information content (AvgIpc) is 2.38. The van der Waals surface area contributed by atoms with E-state index in [1.165, 1.54) is 25.9 Å². The van der Waals surface area contributed by atoms with Gasteiger partial charge in [-0.3, -0.25) is 4.99 Å². The first-order valence-electron chi connectivity index (χ1n) is 7.37. The van der Waals surface area contributed by atoms with Crippen molar-refractivity contribution >= 4 is 29.9 Å². The molecule has 1 heterocycles. The van der Waals surface area contributed by atoms with E-state index in [0.29, 0.717) is 17.9 Å². The maximum absolute atomic E-state index is 6.01. The van der Waals surface area contributed by atoms with E-state index in [2.05, 4.69) is 42.5 Å². The fourth-order valence-electron chi connectivity index (χ4n) is 2.59. The van der Waals surface area contributed by atoms with Crippen LogP contribution in [0.25, 0.3) is 0 Å². The molecule has 1 fully saturated rings. The molecule has 0 aromatic carbocycles. The van der Waals surface area contributed by atoms with Gasteiger partial charge >= 0.3 is 0 Å². The Morgan fingerprint density at radius 2 is 2.00 bits per heavy atom. The maximum Gasteiger partial charge on any atom is 0.191 e. The number of aliphatic imine (C=N–C) groups is 1. The Balaban J connectivity index is 0.00000324. The SMILES string of the molecule is CCN(CC)C(N)=NCC1CCCN(C(C)C)C1.I. The predicted octanol–water partition coefficient (Wildman–Crippen LogP) is 2.38. The first kappa shape index (κ1) is 19.0. The van der Waals surface area contributed by atoms with Gasteiger partial charge in [0.15, 0.2) is 5.96 Å². The fraction of sp³-hybridized carbons (Fsp3) is 0.929. The van der Waals surface area contributed by atoms with Crippen LogP contribution in [-0.2, 0) is 0 Å². The number of nitrogens with two attached hydrogens (primary N) is 1. The van der Waals surface area contributed by atoms with Gasteiger partial charge in [0, 0.05) is 32.2 Å². The summed E-state index contributed by atoms with van der Waals surface area (Å²) in [7, 11) is 0. The van der Waals surface area contributed by atoms with Crippen LogP contribution in [0, 0.1) is 5.92 Å². The molecule has 1 atom stereocenters. The lowest BCUT2D eigenvalue weighted by Crippen LogP contribution is -2.41. The van der Waals surface area contributed by atoms with Crippen molar-refractivity contribution in [3.8, 4) is 0 Å². The summed E-state index contributed by atoms with van der Waals surface area (Å²) >= 11 is 0. The number of rotatable bonds is 5. The molecule has 1 aliphatic heterocycles. The molecule has 0 aromatic heterocycles. The van der Waals surface area contributed by atoms with Gasteiger partial charge in [-0.25, -0.2) is 0 Å². The van der Waals surface area contributed by atoms with Crippen LogP contribution >= 0.6 is 24.0 Å². The second-order valence-electron chi connectivity index (χ2n) is 5.47. The Morgan fingerprint density at radius 3 is 2.53 bits per heavy atom. The van der Waals surface area contributed by atoms with Crippen molar-refractivity contribution in [3.05, 3.63) is 0 Å². The molecule has 0 bridgehead atoms. The Bertz CT molecular complexity index is 264. The van der Waals surface area contributed by atoms with Crippen LogP contribution < -0.4 is 5.73 Å². The maximum atomic E-state index is 6.01. The van der Waals surface area contributed by atoms with Gasteiger partial charge in [-0.1, -0.05) is 0 Å². The lowest BCUT2D eigenvalue weighted by Gasteiger charge is -2.35. The minimum atomic E-state index is 0. The summed E-state index contributed by atoms with van der Waals surface area (Å²) in [5, 5.41) is 0. The van der Waals surface area contributed by atoms with Crippen LogP contribution in [0.1, 0.15) is 40.5 Å². The van der Waals surface area contributed by atoms with Gasteiger partial charge in [0.1, 0.15) is 0 Å². The highest BCUT2D eigenvalue weighted by Crippen LogP contribution is 2.18. The van der Waals surface area contributed by atoms with Gasteiger partial charge in [-0.2, -0.15) is 0 Å². The van der Waals surface area contributed by atoms with Crippen LogP contribution in [-0.4, -0.2) is 54.5 Å². The Labute approximate surface area is 135 Å². The largest absolute Gasteiger partial charge is 0.370 e. The summed E-state index contributed by atoms with van der Waals surface area (Å²) in [5.41, 5.74) is 6.01. The first-order chi connectivity index (χ1) is 8.58. The fourth-order valence-corrected chi connectivity index (χ4v) is 2.59. The highest BCUT2D eigenvalue weighted by Gasteiger charge is 2.21. The van der Waals surface area contributed by atoms with Crippen molar-refractivity contribution < 1.29 is 0 Å². The third-order valence-corrected chi connectivity index (χ3v) is 3.88. The molecular formula is C14H31IN4. The van der Waals surface area contributed by atoms with Crippen molar-refractivity contribution in [2.45, 2.75) is 46.6 Å². The number of hydrogen-bond donors (Lipinski definition) is 1. The summed E-state index contributed by atoms with van der Waals surface area (Å²) in [6.07, 6.45) is 2.59. The highest BCUT2D eigenvalue weighted by molar-refractivity contribution is 14.0. The number of guanidine groups is 1. The smallest absolute Gasteiger partial charge is 0.191 e. The van der Waals surface area contributed by atoms with E-state index in [0.717, 1.165) is 19.6 Å². The zero-order valence-corrected chi connectivity index (χ0v) is 15.3. The molecular weight excluding hydrogens is 351 g/mol. The van der Waals surface area contributed by atoms with Gasteiger partial charge < -0.3 is 15.5 Å². The summed E-state index contributed by atoms with van der Waals surface area (Å²) in [4.78, 5) is 9.24. The molecule has 0 saturated carbocycles. The van der Waals surface area contributed by atoms with Gasteiger partial charge in [0.05, 0.1) is 0 Å². The lowest BCUT2D eigenvalue weighted by molar-refractivity contribution is 0.143. The lowest BCUT2D eigenvalue weighted by atomic mass is 9.97. The molecule has 1 rings (SSSR count). The van der Waals surface area contributed by atoms with E-state index in [9.17, 15) is 0 Å². The Morgan fingerprint density at radius 1 is 1.37 bits per heavy atom. The van der Waals surface area contributed by atoms with E-state index >= 15 is 0 Å². The summed E-state index contributed by atoms with van der Waals surface area (Å²) in [6.45, 7) is 14.0. The summed E-state index contributed by atoms with van der Waals surface area (Å²) < 4.78 is 0. The number of likely N-dealkylation sites (tertiary alicyclic amines) is 1. The van der Waals surface area contributed by atoms with Crippen LogP contribution in [0.15, 0.2) is 4.99 Å². The van der Waals surface area contributed by atoms with Gasteiger partial charge in [-0.05, 0) is 53.0 Å². The van der Waals surface area contributed by atoms with Crippen molar-refractivity contribution in [2.24, 2.45) is 16.6 Å². The molecule has 5 heteroatoms. The monoisotopic (exact) mass is 382 g/mol. The van der Waals surface area contributed by atoms with Crippen molar-refractivity contribution in [1.82, 2.24) is 9.80 Å². The second kappa shape index (κ2) is 9.80. The standard InChI is InChI=1S/C14H30N4.HI/c1-5-17(6-2)14(15)16-10-13-8-7-9-18(11-13)12(3)4;/h12-13H,5-11H2,1-4H3,(H2,15,16);1H. The molecule has 4 nitrogen and oxygen atoms in total. The first-order valence-corrected chi connectivity index (χ1v) is 7.37.